The fourth-order valence-corrected chi connectivity index (χ4v) is 1.77. The second kappa shape index (κ2) is 4.47. The van der Waals surface area contributed by atoms with Crippen molar-refractivity contribution < 1.29 is 33.4 Å². The standard InChI is InChI=1S/C10H8F2N2O6/c11-10(12)3-20-9(17)13-8(10)4-1-5(14(18)19)7(16)6(15)2-4/h1-2,8,15-16H,3H2,(H,13,17)/t8-/m0/s1. The van der Waals surface area contributed by atoms with Crippen molar-refractivity contribution in [2.75, 3.05) is 6.61 Å². The molecule has 1 amide bonds. The molecule has 1 aromatic carbocycles. The topological polar surface area (TPSA) is 122 Å². The molecule has 1 heterocycles. The number of benzene rings is 1. The molecule has 0 aliphatic carbocycles. The second-order valence-corrected chi connectivity index (χ2v) is 4.08. The van der Waals surface area contributed by atoms with Crippen LogP contribution in [0.4, 0.5) is 19.3 Å². The van der Waals surface area contributed by atoms with E-state index >= 15 is 0 Å². The van der Waals surface area contributed by atoms with Crippen LogP contribution in [0.3, 0.4) is 0 Å². The predicted molar refractivity (Wildman–Crippen MR) is 58.6 cm³/mol. The number of nitro benzene ring substituents is 1. The zero-order chi connectivity index (χ0) is 15.1. The Labute approximate surface area is 109 Å². The SMILES string of the molecule is O=C1N[C@@H](c2cc(O)c(O)c([N+](=O)[O-])c2)C(F)(F)CO1. The molecule has 0 aromatic heterocycles. The zero-order valence-electron chi connectivity index (χ0n) is 9.67. The van der Waals surface area contributed by atoms with Crippen LogP contribution in [0.1, 0.15) is 11.6 Å². The number of carbonyl (C=O) groups excluding carboxylic acids is 1. The number of rotatable bonds is 2. The molecule has 2 rings (SSSR count). The maximum absolute atomic E-state index is 13.6. The molecule has 1 aliphatic heterocycles. The first-order valence-corrected chi connectivity index (χ1v) is 5.24. The Kier molecular flexibility index (Phi) is 3.08. The van der Waals surface area contributed by atoms with Crippen molar-refractivity contribution >= 4 is 11.8 Å². The van der Waals surface area contributed by atoms with Crippen LogP contribution in [0, 0.1) is 10.1 Å². The summed E-state index contributed by atoms with van der Waals surface area (Å²) < 4.78 is 31.4. The van der Waals surface area contributed by atoms with Gasteiger partial charge < -0.3 is 20.3 Å². The highest BCUT2D eigenvalue weighted by atomic mass is 19.3. The third kappa shape index (κ3) is 2.27. The van der Waals surface area contributed by atoms with Crippen LogP contribution in [0.2, 0.25) is 0 Å². The largest absolute Gasteiger partial charge is 0.504 e. The first-order chi connectivity index (χ1) is 9.22. The third-order valence-electron chi connectivity index (χ3n) is 2.70. The van der Waals surface area contributed by atoms with E-state index in [-0.39, 0.29) is 0 Å². The monoisotopic (exact) mass is 290 g/mol. The van der Waals surface area contributed by atoms with Gasteiger partial charge in [-0.3, -0.25) is 10.1 Å². The summed E-state index contributed by atoms with van der Waals surface area (Å²) in [5.41, 5.74) is -1.37. The Morgan fingerprint density at radius 1 is 1.45 bits per heavy atom. The minimum absolute atomic E-state index is 0.423. The fraction of sp³-hybridized carbons (Fsp3) is 0.300. The first kappa shape index (κ1) is 13.8. The number of nitro groups is 1. The molecule has 10 heteroatoms. The highest BCUT2D eigenvalue weighted by Crippen LogP contribution is 2.42. The van der Waals surface area contributed by atoms with Gasteiger partial charge in [0.1, 0.15) is 6.04 Å². The van der Waals surface area contributed by atoms with E-state index in [4.69, 9.17) is 0 Å². The van der Waals surface area contributed by atoms with Gasteiger partial charge in [0.2, 0.25) is 5.75 Å². The van der Waals surface area contributed by atoms with Gasteiger partial charge in [-0.1, -0.05) is 0 Å². The molecule has 1 atom stereocenters. The number of nitrogens with zero attached hydrogens (tertiary/aromatic N) is 1. The Hall–Kier alpha value is -2.65. The van der Waals surface area contributed by atoms with Crippen molar-refractivity contribution in [2.45, 2.75) is 12.0 Å². The lowest BCUT2D eigenvalue weighted by molar-refractivity contribution is -0.386. The summed E-state index contributed by atoms with van der Waals surface area (Å²) >= 11 is 0. The number of alkyl carbamates (subject to hydrolysis) is 1. The van der Waals surface area contributed by atoms with Gasteiger partial charge in [-0.15, -0.1) is 0 Å². The van der Waals surface area contributed by atoms with E-state index in [0.29, 0.717) is 12.1 Å². The van der Waals surface area contributed by atoms with Crippen molar-refractivity contribution in [1.29, 1.82) is 0 Å². The molecule has 1 aromatic rings. The van der Waals surface area contributed by atoms with Crippen LogP contribution < -0.4 is 5.32 Å². The van der Waals surface area contributed by atoms with Gasteiger partial charge in [0, 0.05) is 6.07 Å². The van der Waals surface area contributed by atoms with Crippen LogP contribution in [0.25, 0.3) is 0 Å². The lowest BCUT2D eigenvalue weighted by Gasteiger charge is -2.31. The number of amides is 1. The number of ether oxygens (including phenoxy) is 1. The van der Waals surface area contributed by atoms with Crippen molar-refractivity contribution in [2.24, 2.45) is 0 Å². The van der Waals surface area contributed by atoms with Gasteiger partial charge in [-0.05, 0) is 11.6 Å². The summed E-state index contributed by atoms with van der Waals surface area (Å²) in [7, 11) is 0. The average Bonchev–Trinajstić information content (AvgIpc) is 2.35. The van der Waals surface area contributed by atoms with Crippen molar-refractivity contribution in [3.63, 3.8) is 0 Å². The second-order valence-electron chi connectivity index (χ2n) is 4.08. The van der Waals surface area contributed by atoms with E-state index < -0.39 is 52.3 Å². The van der Waals surface area contributed by atoms with Crippen molar-refractivity contribution in [3.8, 4) is 11.5 Å². The van der Waals surface area contributed by atoms with E-state index in [9.17, 15) is 33.9 Å². The van der Waals surface area contributed by atoms with Gasteiger partial charge in [0.25, 0.3) is 0 Å². The highest BCUT2D eigenvalue weighted by molar-refractivity contribution is 5.69. The maximum atomic E-state index is 13.6. The number of hydrogen-bond donors (Lipinski definition) is 3. The molecule has 1 saturated heterocycles. The van der Waals surface area contributed by atoms with Crippen LogP contribution in [0.15, 0.2) is 12.1 Å². The molecule has 0 radical (unpaired) electrons. The lowest BCUT2D eigenvalue weighted by Crippen LogP contribution is -2.49. The molecule has 1 aliphatic rings. The molecule has 20 heavy (non-hydrogen) atoms. The van der Waals surface area contributed by atoms with Crippen LogP contribution >= 0.6 is 0 Å². The Morgan fingerprint density at radius 2 is 2.10 bits per heavy atom. The van der Waals surface area contributed by atoms with Gasteiger partial charge in [-0.25, -0.2) is 13.6 Å². The summed E-state index contributed by atoms with van der Waals surface area (Å²) in [4.78, 5) is 20.6. The zero-order valence-corrected chi connectivity index (χ0v) is 9.67. The summed E-state index contributed by atoms with van der Waals surface area (Å²) in [6.45, 7) is -1.20. The maximum Gasteiger partial charge on any atom is 0.408 e. The fourth-order valence-electron chi connectivity index (χ4n) is 1.77. The number of alkyl halides is 2. The first-order valence-electron chi connectivity index (χ1n) is 5.24. The predicted octanol–water partition coefficient (Wildman–Crippen LogP) is 1.42. The molecule has 0 unspecified atom stereocenters. The summed E-state index contributed by atoms with van der Waals surface area (Å²) in [5, 5.41) is 31.1. The van der Waals surface area contributed by atoms with Gasteiger partial charge in [-0.2, -0.15) is 0 Å². The molecule has 3 N–H and O–H groups in total. The minimum atomic E-state index is -3.52. The summed E-state index contributed by atoms with van der Waals surface area (Å²) in [6, 6.07) is -0.542. The van der Waals surface area contributed by atoms with Crippen LogP contribution in [-0.2, 0) is 4.74 Å². The van der Waals surface area contributed by atoms with Gasteiger partial charge in [0.15, 0.2) is 12.4 Å². The molecule has 0 bridgehead atoms. The van der Waals surface area contributed by atoms with Crippen LogP contribution in [0.5, 0.6) is 11.5 Å². The number of hydrogen-bond acceptors (Lipinski definition) is 6. The van der Waals surface area contributed by atoms with Gasteiger partial charge in [0.05, 0.1) is 4.92 Å². The summed E-state index contributed by atoms with van der Waals surface area (Å²) in [6.07, 6.45) is -1.11. The number of phenolic OH excluding ortho intramolecular Hbond substituents is 2. The number of halogens is 2. The number of aromatic hydroxyl groups is 2. The molecular weight excluding hydrogens is 282 g/mol. The van der Waals surface area contributed by atoms with E-state index in [1.54, 1.807) is 0 Å². The number of phenols is 2. The molecular formula is C10H8F2N2O6. The van der Waals surface area contributed by atoms with E-state index in [2.05, 4.69) is 4.74 Å². The Morgan fingerprint density at radius 3 is 2.70 bits per heavy atom. The molecule has 1 fully saturated rings. The van der Waals surface area contributed by atoms with E-state index in [1.807, 2.05) is 5.32 Å². The van der Waals surface area contributed by atoms with Crippen LogP contribution in [-0.4, -0.2) is 33.8 Å². The number of carbonyl (C=O) groups is 1. The smallest absolute Gasteiger partial charge is 0.408 e. The quantitative estimate of drug-likeness (QED) is 0.430. The number of cyclic esters (lactones) is 1. The molecule has 8 nitrogen and oxygen atoms in total. The van der Waals surface area contributed by atoms with E-state index in [1.165, 1.54) is 0 Å². The minimum Gasteiger partial charge on any atom is -0.504 e. The van der Waals surface area contributed by atoms with E-state index in [0.717, 1.165) is 0 Å². The van der Waals surface area contributed by atoms with Gasteiger partial charge >= 0.3 is 17.7 Å². The number of nitrogens with one attached hydrogen (secondary N) is 1. The molecule has 0 saturated carbocycles. The van der Waals surface area contributed by atoms with Crippen molar-refractivity contribution in [1.82, 2.24) is 5.32 Å². The Balaban J connectivity index is 2.51. The van der Waals surface area contributed by atoms with Crippen molar-refractivity contribution in [3.05, 3.63) is 27.8 Å². The summed E-state index contributed by atoms with van der Waals surface area (Å²) in [5.74, 6) is -5.50. The highest BCUT2D eigenvalue weighted by Gasteiger charge is 2.47. The molecule has 0 spiro atoms. The normalized spacial score (nSPS) is 20.9. The average molecular weight is 290 g/mol. The molecule has 108 valence electrons. The third-order valence-corrected chi connectivity index (χ3v) is 2.70. The lowest BCUT2D eigenvalue weighted by atomic mass is 9.99. The Bertz CT molecular complexity index is 591.